The summed E-state index contributed by atoms with van der Waals surface area (Å²) in [5.74, 6) is -0.904. The normalized spacial score (nSPS) is 16.7. The van der Waals surface area contributed by atoms with Crippen molar-refractivity contribution in [3.63, 3.8) is 0 Å². The van der Waals surface area contributed by atoms with Gasteiger partial charge in [-0.05, 0) is 18.4 Å². The van der Waals surface area contributed by atoms with E-state index < -0.39 is 18.1 Å². The Bertz CT molecular complexity index is 561. The molecule has 1 saturated heterocycles. The van der Waals surface area contributed by atoms with E-state index in [2.05, 4.69) is 10.1 Å². The van der Waals surface area contributed by atoms with Crippen LogP contribution in [-0.2, 0) is 25.7 Å². The third-order valence-corrected chi connectivity index (χ3v) is 3.63. The molecule has 1 aromatic rings. The fourth-order valence-electron chi connectivity index (χ4n) is 2.41. The van der Waals surface area contributed by atoms with Crippen molar-refractivity contribution < 1.29 is 23.9 Å². The molecular formula is C16H20N2O5. The van der Waals surface area contributed by atoms with E-state index >= 15 is 0 Å². The summed E-state index contributed by atoms with van der Waals surface area (Å²) in [4.78, 5) is 36.7. The minimum atomic E-state index is -0.608. The highest BCUT2D eigenvalue weighted by Crippen LogP contribution is 2.19. The molecule has 0 aromatic heterocycles. The molecule has 2 amide bonds. The first-order valence-corrected chi connectivity index (χ1v) is 7.43. The van der Waals surface area contributed by atoms with Crippen LogP contribution in [0.4, 0.5) is 4.79 Å². The first-order chi connectivity index (χ1) is 11.1. The van der Waals surface area contributed by atoms with Gasteiger partial charge in [0.2, 0.25) is 5.91 Å². The number of methoxy groups -OCH3 is 1. The van der Waals surface area contributed by atoms with E-state index in [-0.39, 0.29) is 19.1 Å². The van der Waals surface area contributed by atoms with Gasteiger partial charge in [0, 0.05) is 6.54 Å². The quantitative estimate of drug-likeness (QED) is 0.821. The van der Waals surface area contributed by atoms with Crippen molar-refractivity contribution in [2.45, 2.75) is 25.5 Å². The van der Waals surface area contributed by atoms with Gasteiger partial charge in [-0.25, -0.2) is 4.79 Å². The molecule has 0 bridgehead atoms. The Hall–Kier alpha value is -2.57. The maximum absolute atomic E-state index is 12.2. The number of amides is 2. The highest BCUT2D eigenvalue weighted by Gasteiger charge is 2.35. The van der Waals surface area contributed by atoms with Gasteiger partial charge in [-0.1, -0.05) is 30.3 Å². The van der Waals surface area contributed by atoms with E-state index in [4.69, 9.17) is 4.74 Å². The Morgan fingerprint density at radius 2 is 2.00 bits per heavy atom. The Labute approximate surface area is 134 Å². The van der Waals surface area contributed by atoms with Gasteiger partial charge in [0.15, 0.2) is 0 Å². The van der Waals surface area contributed by atoms with Gasteiger partial charge in [-0.15, -0.1) is 0 Å². The highest BCUT2D eigenvalue weighted by molar-refractivity contribution is 5.88. The maximum atomic E-state index is 12.2. The van der Waals surface area contributed by atoms with Gasteiger partial charge in [-0.3, -0.25) is 14.5 Å². The third kappa shape index (κ3) is 4.70. The van der Waals surface area contributed by atoms with Crippen LogP contribution in [0.3, 0.4) is 0 Å². The number of esters is 1. The van der Waals surface area contributed by atoms with Crippen molar-refractivity contribution in [2.24, 2.45) is 0 Å². The lowest BCUT2D eigenvalue weighted by atomic mass is 10.2. The number of hydrogen-bond donors (Lipinski definition) is 1. The molecule has 1 aliphatic rings. The lowest BCUT2D eigenvalue weighted by Crippen LogP contribution is -2.47. The van der Waals surface area contributed by atoms with Gasteiger partial charge in [0.25, 0.3) is 0 Å². The van der Waals surface area contributed by atoms with Gasteiger partial charge < -0.3 is 14.8 Å². The van der Waals surface area contributed by atoms with Crippen molar-refractivity contribution in [1.29, 1.82) is 0 Å². The van der Waals surface area contributed by atoms with Crippen LogP contribution in [0.15, 0.2) is 30.3 Å². The summed E-state index contributed by atoms with van der Waals surface area (Å²) in [5, 5.41) is 2.47. The monoisotopic (exact) mass is 320 g/mol. The van der Waals surface area contributed by atoms with Gasteiger partial charge in [-0.2, -0.15) is 0 Å². The SMILES string of the molecule is COC(=O)CNC(=O)[C@H]1CCCN1C(=O)OCc1ccccc1. The van der Waals surface area contributed by atoms with Crippen LogP contribution >= 0.6 is 0 Å². The van der Waals surface area contributed by atoms with E-state index in [0.29, 0.717) is 13.0 Å². The predicted molar refractivity (Wildman–Crippen MR) is 81.4 cm³/mol. The first kappa shape index (κ1) is 16.8. The number of likely N-dealkylation sites (tertiary alicyclic amines) is 1. The van der Waals surface area contributed by atoms with Crippen LogP contribution in [0.25, 0.3) is 0 Å². The van der Waals surface area contributed by atoms with Crippen LogP contribution in [0, 0.1) is 0 Å². The molecule has 1 N–H and O–H groups in total. The molecule has 2 rings (SSSR count). The second kappa shape index (κ2) is 8.17. The van der Waals surface area contributed by atoms with Gasteiger partial charge >= 0.3 is 12.1 Å². The van der Waals surface area contributed by atoms with Crippen molar-refractivity contribution >= 4 is 18.0 Å². The third-order valence-electron chi connectivity index (χ3n) is 3.63. The topological polar surface area (TPSA) is 84.9 Å². The molecule has 1 aromatic carbocycles. The molecule has 1 aliphatic heterocycles. The van der Waals surface area contributed by atoms with Gasteiger partial charge in [0.05, 0.1) is 7.11 Å². The Balaban J connectivity index is 1.86. The smallest absolute Gasteiger partial charge is 0.410 e. The number of hydrogen-bond acceptors (Lipinski definition) is 5. The largest absolute Gasteiger partial charge is 0.468 e. The second-order valence-corrected chi connectivity index (χ2v) is 5.19. The maximum Gasteiger partial charge on any atom is 0.410 e. The summed E-state index contributed by atoms with van der Waals surface area (Å²) in [5.41, 5.74) is 0.881. The molecule has 0 saturated carbocycles. The minimum Gasteiger partial charge on any atom is -0.468 e. The molecule has 0 aliphatic carbocycles. The van der Waals surface area contributed by atoms with Crippen LogP contribution in [0.1, 0.15) is 18.4 Å². The molecule has 0 radical (unpaired) electrons. The predicted octanol–water partition coefficient (Wildman–Crippen LogP) is 1.08. The van der Waals surface area contributed by atoms with Crippen LogP contribution < -0.4 is 5.32 Å². The molecule has 1 heterocycles. The number of ether oxygens (including phenoxy) is 2. The van der Waals surface area contributed by atoms with Crippen LogP contribution in [-0.4, -0.2) is 49.1 Å². The summed E-state index contributed by atoms with van der Waals surface area (Å²) in [6.45, 7) is 0.412. The number of rotatable bonds is 5. The van der Waals surface area contributed by atoms with Gasteiger partial charge in [0.1, 0.15) is 19.2 Å². The molecule has 0 spiro atoms. The Kier molecular flexibility index (Phi) is 5.96. The zero-order valence-corrected chi connectivity index (χ0v) is 13.0. The molecule has 23 heavy (non-hydrogen) atoms. The van der Waals surface area contributed by atoms with Crippen molar-refractivity contribution in [1.82, 2.24) is 10.2 Å². The number of nitrogens with zero attached hydrogens (tertiary/aromatic N) is 1. The summed E-state index contributed by atoms with van der Waals surface area (Å²) in [7, 11) is 1.25. The second-order valence-electron chi connectivity index (χ2n) is 5.19. The van der Waals surface area contributed by atoms with Crippen LogP contribution in [0.5, 0.6) is 0 Å². The molecule has 124 valence electrons. The molecule has 7 nitrogen and oxygen atoms in total. The van der Waals surface area contributed by atoms with Crippen molar-refractivity contribution in [2.75, 3.05) is 20.2 Å². The number of benzene rings is 1. The fourth-order valence-corrected chi connectivity index (χ4v) is 2.41. The van der Waals surface area contributed by atoms with E-state index in [1.165, 1.54) is 12.0 Å². The number of carbonyl (C=O) groups excluding carboxylic acids is 3. The standard InChI is InChI=1S/C16H20N2O5/c1-22-14(19)10-17-15(20)13-8-5-9-18(13)16(21)23-11-12-6-3-2-4-7-12/h2-4,6-7,13H,5,8-11H2,1H3,(H,17,20)/t13-/m1/s1. The van der Waals surface area contributed by atoms with E-state index in [1.807, 2.05) is 30.3 Å². The molecular weight excluding hydrogens is 300 g/mol. The molecule has 7 heteroatoms. The molecule has 1 atom stereocenters. The summed E-state index contributed by atoms with van der Waals surface area (Å²) in [6, 6.07) is 8.72. The van der Waals surface area contributed by atoms with E-state index in [1.54, 1.807) is 0 Å². The Morgan fingerprint density at radius 1 is 1.26 bits per heavy atom. The minimum absolute atomic E-state index is 0.159. The van der Waals surface area contributed by atoms with Crippen molar-refractivity contribution in [3.8, 4) is 0 Å². The average molecular weight is 320 g/mol. The average Bonchev–Trinajstić information content (AvgIpc) is 3.08. The zero-order chi connectivity index (χ0) is 16.7. The highest BCUT2D eigenvalue weighted by atomic mass is 16.6. The summed E-state index contributed by atoms with van der Waals surface area (Å²) < 4.78 is 9.72. The molecule has 0 unspecified atom stereocenters. The van der Waals surface area contributed by atoms with E-state index in [9.17, 15) is 14.4 Å². The first-order valence-electron chi connectivity index (χ1n) is 7.43. The zero-order valence-electron chi connectivity index (χ0n) is 13.0. The number of carbonyl (C=O) groups is 3. The van der Waals surface area contributed by atoms with Crippen LogP contribution in [0.2, 0.25) is 0 Å². The lowest BCUT2D eigenvalue weighted by Gasteiger charge is -2.23. The summed E-state index contributed by atoms with van der Waals surface area (Å²) >= 11 is 0. The Morgan fingerprint density at radius 3 is 2.70 bits per heavy atom. The summed E-state index contributed by atoms with van der Waals surface area (Å²) in [6.07, 6.45) is 0.745. The van der Waals surface area contributed by atoms with E-state index in [0.717, 1.165) is 12.0 Å². The molecule has 1 fully saturated rings. The fraction of sp³-hybridized carbons (Fsp3) is 0.438. The number of nitrogens with one attached hydrogen (secondary N) is 1. The van der Waals surface area contributed by atoms with Crippen molar-refractivity contribution in [3.05, 3.63) is 35.9 Å². The lowest BCUT2D eigenvalue weighted by molar-refractivity contribution is -0.141.